The Hall–Kier alpha value is -0.600. The fraction of sp³-hybridized carbons (Fsp3) is 0.867. The van der Waals surface area contributed by atoms with Gasteiger partial charge in [-0.3, -0.25) is 0 Å². The average Bonchev–Trinajstić information content (AvgIpc) is 3.06. The lowest BCUT2D eigenvalue weighted by atomic mass is 9.43. The highest BCUT2D eigenvalue weighted by atomic mass is 16.3. The van der Waals surface area contributed by atoms with Crippen molar-refractivity contribution in [2.24, 2.45) is 46.3 Å². The Morgan fingerprint density at radius 3 is 2.50 bits per heavy atom. The van der Waals surface area contributed by atoms with E-state index in [0.717, 1.165) is 37.0 Å². The second kappa shape index (κ2) is 8.88. The van der Waals surface area contributed by atoms with Crippen LogP contribution in [0.25, 0.3) is 0 Å². The van der Waals surface area contributed by atoms with Crippen LogP contribution in [0.1, 0.15) is 105 Å². The summed E-state index contributed by atoms with van der Waals surface area (Å²) in [5, 5.41) is 22.6. The third-order valence-corrected chi connectivity index (χ3v) is 10.9. The summed E-state index contributed by atoms with van der Waals surface area (Å²) in [6.07, 6.45) is 16.5. The molecule has 7 unspecified atom stereocenters. The van der Waals surface area contributed by atoms with Gasteiger partial charge in [-0.2, -0.15) is 0 Å². The van der Waals surface area contributed by atoms with Crippen molar-refractivity contribution in [2.75, 3.05) is 0 Å². The van der Waals surface area contributed by atoms with E-state index >= 15 is 0 Å². The van der Waals surface area contributed by atoms with Gasteiger partial charge in [0.2, 0.25) is 0 Å². The minimum absolute atomic E-state index is 0.152. The van der Waals surface area contributed by atoms with E-state index in [-0.39, 0.29) is 11.5 Å². The van der Waals surface area contributed by atoms with Gasteiger partial charge >= 0.3 is 0 Å². The van der Waals surface area contributed by atoms with Gasteiger partial charge < -0.3 is 10.2 Å². The minimum Gasteiger partial charge on any atom is -0.393 e. The molecule has 3 fully saturated rings. The molecule has 9 atom stereocenters. The third-order valence-electron chi connectivity index (χ3n) is 10.9. The Morgan fingerprint density at radius 1 is 1.06 bits per heavy atom. The molecule has 182 valence electrons. The minimum atomic E-state index is -0.791. The molecule has 0 amide bonds. The normalized spacial score (nSPS) is 46.8. The molecule has 4 rings (SSSR count). The molecule has 0 aliphatic heterocycles. The molecule has 0 bridgehead atoms. The summed E-state index contributed by atoms with van der Waals surface area (Å²) in [4.78, 5) is 0. The van der Waals surface area contributed by atoms with Gasteiger partial charge in [0, 0.05) is 0 Å². The highest BCUT2D eigenvalue weighted by Gasteiger charge is 2.64. The van der Waals surface area contributed by atoms with Crippen LogP contribution in [0.2, 0.25) is 0 Å². The molecule has 4 aliphatic carbocycles. The number of rotatable bonds is 7. The van der Waals surface area contributed by atoms with E-state index in [9.17, 15) is 10.2 Å². The highest BCUT2D eigenvalue weighted by molar-refractivity contribution is 5.32. The van der Waals surface area contributed by atoms with Gasteiger partial charge in [-0.15, -0.1) is 6.58 Å². The SMILES string of the molecule is C=CCC1(O)C=C2CC(O)CC[C@]2(C)C2CC[C@]3(C)C(C(C)CCCC(C)C)CCC3C21. The molecule has 2 N–H and O–H groups in total. The maximum absolute atomic E-state index is 12.2. The predicted molar refractivity (Wildman–Crippen MR) is 134 cm³/mol. The number of hydrogen-bond donors (Lipinski definition) is 2. The lowest BCUT2D eigenvalue weighted by Crippen LogP contribution is -2.59. The fourth-order valence-corrected chi connectivity index (χ4v) is 9.26. The van der Waals surface area contributed by atoms with Crippen molar-refractivity contribution in [1.29, 1.82) is 0 Å². The van der Waals surface area contributed by atoms with Crippen molar-refractivity contribution in [1.82, 2.24) is 0 Å². The first kappa shape index (κ1) is 24.5. The van der Waals surface area contributed by atoms with E-state index in [4.69, 9.17) is 0 Å². The van der Waals surface area contributed by atoms with Crippen LogP contribution in [0.4, 0.5) is 0 Å². The molecule has 32 heavy (non-hydrogen) atoms. The van der Waals surface area contributed by atoms with E-state index in [1.165, 1.54) is 50.5 Å². The van der Waals surface area contributed by atoms with Crippen molar-refractivity contribution < 1.29 is 10.2 Å². The Balaban J connectivity index is 1.64. The second-order valence-corrected chi connectivity index (χ2v) is 13.2. The quantitative estimate of drug-likeness (QED) is 0.406. The lowest BCUT2D eigenvalue weighted by Gasteiger charge is -2.62. The molecular formula is C30H50O2. The molecule has 0 aromatic rings. The number of aliphatic hydroxyl groups is 2. The monoisotopic (exact) mass is 442 g/mol. The van der Waals surface area contributed by atoms with Crippen molar-refractivity contribution >= 4 is 0 Å². The summed E-state index contributed by atoms with van der Waals surface area (Å²) in [5.74, 6) is 3.84. The van der Waals surface area contributed by atoms with Gasteiger partial charge in [0.25, 0.3) is 0 Å². The van der Waals surface area contributed by atoms with E-state index in [1.807, 2.05) is 6.08 Å². The molecule has 0 aromatic carbocycles. The molecule has 2 heteroatoms. The molecular weight excluding hydrogens is 392 g/mol. The van der Waals surface area contributed by atoms with Crippen LogP contribution in [0, 0.1) is 46.3 Å². The summed E-state index contributed by atoms with van der Waals surface area (Å²) in [6, 6.07) is 0. The van der Waals surface area contributed by atoms with Crippen LogP contribution in [0.3, 0.4) is 0 Å². The van der Waals surface area contributed by atoms with Crippen molar-refractivity contribution in [2.45, 2.75) is 117 Å². The summed E-state index contributed by atoms with van der Waals surface area (Å²) < 4.78 is 0. The molecule has 0 aromatic heterocycles. The first-order valence-corrected chi connectivity index (χ1v) is 13.8. The van der Waals surface area contributed by atoms with Gasteiger partial charge in [0.15, 0.2) is 0 Å². The zero-order valence-corrected chi connectivity index (χ0v) is 21.6. The van der Waals surface area contributed by atoms with Crippen LogP contribution >= 0.6 is 0 Å². The maximum atomic E-state index is 12.2. The summed E-state index contributed by atoms with van der Waals surface area (Å²) >= 11 is 0. The summed E-state index contributed by atoms with van der Waals surface area (Å²) in [5.41, 5.74) is 1.05. The van der Waals surface area contributed by atoms with Gasteiger partial charge in [-0.1, -0.05) is 71.6 Å². The largest absolute Gasteiger partial charge is 0.393 e. The first-order chi connectivity index (χ1) is 15.0. The molecule has 0 spiro atoms. The maximum Gasteiger partial charge on any atom is 0.0898 e. The Kier molecular flexibility index (Phi) is 6.80. The van der Waals surface area contributed by atoms with Gasteiger partial charge in [-0.25, -0.2) is 0 Å². The van der Waals surface area contributed by atoms with E-state index in [1.54, 1.807) is 0 Å². The molecule has 4 aliphatic rings. The Labute approximate surface area is 198 Å². The van der Waals surface area contributed by atoms with Crippen LogP contribution in [0.15, 0.2) is 24.3 Å². The topological polar surface area (TPSA) is 40.5 Å². The van der Waals surface area contributed by atoms with Crippen molar-refractivity contribution in [3.63, 3.8) is 0 Å². The summed E-state index contributed by atoms with van der Waals surface area (Å²) in [7, 11) is 0. The van der Waals surface area contributed by atoms with Crippen LogP contribution in [-0.2, 0) is 0 Å². The number of hydrogen-bond acceptors (Lipinski definition) is 2. The Bertz CT molecular complexity index is 724. The van der Waals surface area contributed by atoms with E-state index in [0.29, 0.717) is 29.6 Å². The second-order valence-electron chi connectivity index (χ2n) is 13.2. The summed E-state index contributed by atoms with van der Waals surface area (Å²) in [6.45, 7) is 16.3. The van der Waals surface area contributed by atoms with Crippen LogP contribution in [0.5, 0.6) is 0 Å². The van der Waals surface area contributed by atoms with Crippen molar-refractivity contribution in [3.8, 4) is 0 Å². The smallest absolute Gasteiger partial charge is 0.0898 e. The lowest BCUT2D eigenvalue weighted by molar-refractivity contribution is -0.139. The van der Waals surface area contributed by atoms with E-state index < -0.39 is 5.60 Å². The first-order valence-electron chi connectivity index (χ1n) is 13.8. The number of aliphatic hydroxyl groups excluding tert-OH is 1. The van der Waals surface area contributed by atoms with Crippen molar-refractivity contribution in [3.05, 3.63) is 24.3 Å². The number of fused-ring (bicyclic) bond motifs is 5. The molecule has 2 nitrogen and oxygen atoms in total. The highest BCUT2D eigenvalue weighted by Crippen LogP contribution is 2.69. The molecule has 3 saturated carbocycles. The third kappa shape index (κ3) is 3.96. The predicted octanol–water partition coefficient (Wildman–Crippen LogP) is 7.31. The standard InChI is InChI=1S/C30H50O2/c1-7-15-30(32)19-22-18-23(31)13-16-28(22,5)26-14-17-29(6)24(11-12-25(29)27(26)30)21(4)10-8-9-20(2)3/h7,19-21,23-27,31-32H,1,8-18H2,2-6H3/t21?,23?,24?,25?,26?,27?,28-,29+,30?/m0/s1. The van der Waals surface area contributed by atoms with Gasteiger partial charge in [0.05, 0.1) is 11.7 Å². The Morgan fingerprint density at radius 2 is 1.81 bits per heavy atom. The van der Waals surface area contributed by atoms with Crippen LogP contribution < -0.4 is 0 Å². The van der Waals surface area contributed by atoms with Gasteiger partial charge in [0.1, 0.15) is 0 Å². The van der Waals surface area contributed by atoms with E-state index in [2.05, 4.69) is 47.3 Å². The van der Waals surface area contributed by atoms with Crippen LogP contribution in [-0.4, -0.2) is 21.9 Å². The van der Waals surface area contributed by atoms with Gasteiger partial charge in [-0.05, 0) is 97.7 Å². The molecule has 0 heterocycles. The molecule has 0 radical (unpaired) electrons. The average molecular weight is 443 g/mol. The fourth-order valence-electron chi connectivity index (χ4n) is 9.26. The zero-order valence-electron chi connectivity index (χ0n) is 21.6. The molecule has 0 saturated heterocycles. The zero-order chi connectivity index (χ0) is 23.3.